The van der Waals surface area contributed by atoms with E-state index in [-0.39, 0.29) is 5.75 Å². The van der Waals surface area contributed by atoms with E-state index in [2.05, 4.69) is 17.4 Å². The van der Waals surface area contributed by atoms with Gasteiger partial charge in [-0.1, -0.05) is 0 Å². The lowest BCUT2D eigenvalue weighted by molar-refractivity contribution is 0.0600. The molecular weight excluding hydrogens is 176 g/mol. The molecule has 0 atom stereocenters. The summed E-state index contributed by atoms with van der Waals surface area (Å²) in [6, 6.07) is 4.32. The van der Waals surface area contributed by atoms with Crippen molar-refractivity contribution in [3.8, 4) is 5.75 Å². The van der Waals surface area contributed by atoms with Crippen LogP contribution in [0.15, 0.2) is 23.1 Å². The maximum absolute atomic E-state index is 10.9. The first kappa shape index (κ1) is 8.93. The molecule has 0 radical (unpaired) electrons. The van der Waals surface area contributed by atoms with Crippen molar-refractivity contribution >= 4 is 18.6 Å². The zero-order chi connectivity index (χ0) is 9.14. The van der Waals surface area contributed by atoms with E-state index in [4.69, 9.17) is 5.11 Å². The molecule has 3 nitrogen and oxygen atoms in total. The number of rotatable bonds is 1. The summed E-state index contributed by atoms with van der Waals surface area (Å²) in [5, 5.41) is 9.07. The Morgan fingerprint density at radius 1 is 1.58 bits per heavy atom. The molecule has 1 N–H and O–H groups in total. The van der Waals surface area contributed by atoms with Crippen LogP contribution in [-0.2, 0) is 4.74 Å². The maximum atomic E-state index is 10.9. The van der Waals surface area contributed by atoms with Crippen LogP contribution in [-0.4, -0.2) is 18.2 Å². The third kappa shape index (κ3) is 1.71. The molecule has 0 bridgehead atoms. The second-order valence-electron chi connectivity index (χ2n) is 2.20. The van der Waals surface area contributed by atoms with Gasteiger partial charge in [-0.2, -0.15) is 0 Å². The van der Waals surface area contributed by atoms with E-state index in [0.29, 0.717) is 10.5 Å². The van der Waals surface area contributed by atoms with Gasteiger partial charge in [0.15, 0.2) is 0 Å². The van der Waals surface area contributed by atoms with Crippen molar-refractivity contribution in [1.82, 2.24) is 0 Å². The zero-order valence-electron chi connectivity index (χ0n) is 6.44. The van der Waals surface area contributed by atoms with E-state index in [0.717, 1.165) is 0 Å². The maximum Gasteiger partial charge on any atom is 0.337 e. The van der Waals surface area contributed by atoms with Gasteiger partial charge in [-0.25, -0.2) is 4.79 Å². The molecule has 0 saturated carbocycles. The van der Waals surface area contributed by atoms with E-state index >= 15 is 0 Å². The minimum Gasteiger partial charge on any atom is -0.507 e. The van der Waals surface area contributed by atoms with E-state index in [1.165, 1.54) is 25.3 Å². The highest BCUT2D eigenvalue weighted by Gasteiger charge is 2.06. The molecule has 0 saturated heterocycles. The van der Waals surface area contributed by atoms with Gasteiger partial charge in [0.1, 0.15) is 5.75 Å². The molecule has 4 heteroatoms. The minimum atomic E-state index is -0.440. The van der Waals surface area contributed by atoms with Crippen molar-refractivity contribution in [2.45, 2.75) is 4.90 Å². The lowest BCUT2D eigenvalue weighted by atomic mass is 10.2. The van der Waals surface area contributed by atoms with Gasteiger partial charge in [-0.05, 0) is 18.2 Å². The Morgan fingerprint density at radius 2 is 2.25 bits per heavy atom. The van der Waals surface area contributed by atoms with Gasteiger partial charge in [-0.15, -0.1) is 12.6 Å². The molecule has 0 heterocycles. The van der Waals surface area contributed by atoms with Crippen LogP contribution in [0.3, 0.4) is 0 Å². The molecule has 0 unspecified atom stereocenters. The van der Waals surface area contributed by atoms with Crippen LogP contribution in [0.5, 0.6) is 5.75 Å². The topological polar surface area (TPSA) is 46.5 Å². The van der Waals surface area contributed by atoms with Crippen LogP contribution in [0.1, 0.15) is 10.4 Å². The first-order valence-corrected chi connectivity index (χ1v) is 3.70. The number of thiol groups is 1. The van der Waals surface area contributed by atoms with Crippen molar-refractivity contribution in [2.24, 2.45) is 0 Å². The van der Waals surface area contributed by atoms with Crippen LogP contribution in [0.2, 0.25) is 0 Å². The minimum absolute atomic E-state index is 0.0472. The fraction of sp³-hybridized carbons (Fsp3) is 0.125. The van der Waals surface area contributed by atoms with Crippen LogP contribution in [0.4, 0.5) is 0 Å². The Labute approximate surface area is 75.4 Å². The van der Waals surface area contributed by atoms with Gasteiger partial charge in [0, 0.05) is 4.90 Å². The SMILES string of the molecule is COC(=O)c1ccc(O)c(S)c1. The van der Waals surface area contributed by atoms with Gasteiger partial charge in [0.25, 0.3) is 0 Å². The van der Waals surface area contributed by atoms with Crippen LogP contribution < -0.4 is 0 Å². The number of phenols is 1. The zero-order valence-corrected chi connectivity index (χ0v) is 7.34. The fourth-order valence-corrected chi connectivity index (χ4v) is 0.982. The van der Waals surface area contributed by atoms with Gasteiger partial charge in [-0.3, -0.25) is 0 Å². The number of methoxy groups -OCH3 is 1. The number of benzene rings is 1. The molecule has 0 aliphatic heterocycles. The second kappa shape index (κ2) is 3.49. The van der Waals surface area contributed by atoms with E-state index in [9.17, 15) is 4.79 Å². The molecule has 64 valence electrons. The summed E-state index contributed by atoms with van der Waals surface area (Å²) in [4.78, 5) is 11.3. The number of hydrogen-bond donors (Lipinski definition) is 2. The fourth-order valence-electron chi connectivity index (χ4n) is 0.768. The van der Waals surface area contributed by atoms with Gasteiger partial charge in [0.2, 0.25) is 0 Å². The Bertz CT molecular complexity index is 309. The summed E-state index contributed by atoms with van der Waals surface area (Å²) < 4.78 is 4.48. The van der Waals surface area contributed by atoms with Crippen molar-refractivity contribution in [3.63, 3.8) is 0 Å². The lowest BCUT2D eigenvalue weighted by Crippen LogP contribution is -2.00. The molecule has 12 heavy (non-hydrogen) atoms. The average molecular weight is 184 g/mol. The Balaban J connectivity index is 3.05. The summed E-state index contributed by atoms with van der Waals surface area (Å²) in [5.41, 5.74) is 0.375. The molecule has 0 fully saturated rings. The number of ether oxygens (including phenoxy) is 1. The monoisotopic (exact) mass is 184 g/mol. The van der Waals surface area contributed by atoms with Crippen molar-refractivity contribution in [1.29, 1.82) is 0 Å². The van der Waals surface area contributed by atoms with E-state index in [1.807, 2.05) is 0 Å². The Morgan fingerprint density at radius 3 is 2.75 bits per heavy atom. The number of carbonyl (C=O) groups is 1. The predicted octanol–water partition coefficient (Wildman–Crippen LogP) is 1.47. The van der Waals surface area contributed by atoms with Crippen molar-refractivity contribution in [2.75, 3.05) is 7.11 Å². The molecule has 0 spiro atoms. The smallest absolute Gasteiger partial charge is 0.337 e. The largest absolute Gasteiger partial charge is 0.507 e. The van der Waals surface area contributed by atoms with Crippen LogP contribution >= 0.6 is 12.6 Å². The normalized spacial score (nSPS) is 9.50. The third-order valence-corrected chi connectivity index (χ3v) is 1.75. The summed E-state index contributed by atoms with van der Waals surface area (Å²) in [5.74, 6) is -0.392. The first-order valence-electron chi connectivity index (χ1n) is 3.25. The number of esters is 1. The summed E-state index contributed by atoms with van der Waals surface area (Å²) in [7, 11) is 1.30. The summed E-state index contributed by atoms with van der Waals surface area (Å²) >= 11 is 3.94. The number of carbonyl (C=O) groups excluding carboxylic acids is 1. The molecule has 1 rings (SSSR count). The average Bonchev–Trinajstić information content (AvgIpc) is 2.08. The standard InChI is InChI=1S/C8H8O3S/c1-11-8(10)5-2-3-6(9)7(12)4-5/h2-4,9,12H,1H3. The predicted molar refractivity (Wildman–Crippen MR) is 46.7 cm³/mol. The number of aromatic hydroxyl groups is 1. The highest BCUT2D eigenvalue weighted by molar-refractivity contribution is 7.80. The van der Waals surface area contributed by atoms with E-state index in [1.54, 1.807) is 0 Å². The van der Waals surface area contributed by atoms with Gasteiger partial charge < -0.3 is 9.84 Å². The van der Waals surface area contributed by atoms with Crippen molar-refractivity contribution < 1.29 is 14.6 Å². The third-order valence-electron chi connectivity index (χ3n) is 1.40. The summed E-state index contributed by atoms with van der Waals surface area (Å²) in [6.45, 7) is 0. The Kier molecular flexibility index (Phi) is 2.60. The second-order valence-corrected chi connectivity index (χ2v) is 2.68. The Hall–Kier alpha value is -1.16. The number of phenolic OH excluding ortho intramolecular Hbond substituents is 1. The van der Waals surface area contributed by atoms with Crippen LogP contribution in [0, 0.1) is 0 Å². The highest BCUT2D eigenvalue weighted by atomic mass is 32.1. The molecule has 0 aliphatic rings. The lowest BCUT2D eigenvalue weighted by Gasteiger charge is -2.00. The van der Waals surface area contributed by atoms with Crippen LogP contribution in [0.25, 0.3) is 0 Å². The van der Waals surface area contributed by atoms with Crippen molar-refractivity contribution in [3.05, 3.63) is 23.8 Å². The molecule has 0 amide bonds. The summed E-state index contributed by atoms with van der Waals surface area (Å²) in [6.07, 6.45) is 0. The quantitative estimate of drug-likeness (QED) is 0.513. The molecule has 1 aromatic carbocycles. The van der Waals surface area contributed by atoms with Gasteiger partial charge >= 0.3 is 5.97 Å². The highest BCUT2D eigenvalue weighted by Crippen LogP contribution is 2.21. The van der Waals surface area contributed by atoms with Gasteiger partial charge in [0.05, 0.1) is 12.7 Å². The van der Waals surface area contributed by atoms with E-state index < -0.39 is 5.97 Å². The molecule has 0 aliphatic carbocycles. The molecular formula is C8H8O3S. The number of hydrogen-bond acceptors (Lipinski definition) is 4. The molecule has 1 aromatic rings. The molecule has 0 aromatic heterocycles. The first-order chi connectivity index (χ1) is 5.65.